The van der Waals surface area contributed by atoms with E-state index in [-0.39, 0.29) is 17.2 Å². The van der Waals surface area contributed by atoms with Gasteiger partial charge in [-0.3, -0.25) is 9.59 Å². The first kappa shape index (κ1) is 14.3. The summed E-state index contributed by atoms with van der Waals surface area (Å²) in [6.07, 6.45) is 0. The summed E-state index contributed by atoms with van der Waals surface area (Å²) in [5, 5.41) is 4.46. The first-order valence-electron chi connectivity index (χ1n) is 5.93. The molecule has 0 bridgehead atoms. The normalized spacial score (nSPS) is 10.4. The number of aryl methyl sites for hydroxylation is 2. The molecule has 6 heteroatoms. The molecule has 0 atom stereocenters. The van der Waals surface area contributed by atoms with E-state index in [0.29, 0.717) is 16.3 Å². The van der Waals surface area contributed by atoms with Gasteiger partial charge in [0.25, 0.3) is 0 Å². The SMILES string of the molecule is CC(=O)Oc1c(C(=O)c2ccccc2Cl)c(C)nn1C. The third-order valence-electron chi connectivity index (χ3n) is 2.76. The largest absolute Gasteiger partial charge is 0.407 e. The fourth-order valence-corrected chi connectivity index (χ4v) is 2.15. The van der Waals surface area contributed by atoms with E-state index in [2.05, 4.69) is 5.10 Å². The molecule has 0 fully saturated rings. The maximum atomic E-state index is 12.6. The smallest absolute Gasteiger partial charge is 0.309 e. The number of rotatable bonds is 3. The molecule has 0 N–H and O–H groups in total. The maximum Gasteiger partial charge on any atom is 0.309 e. The van der Waals surface area contributed by atoms with Crippen molar-refractivity contribution in [3.8, 4) is 5.88 Å². The molecule has 20 heavy (non-hydrogen) atoms. The number of hydrogen-bond acceptors (Lipinski definition) is 4. The van der Waals surface area contributed by atoms with Crippen LogP contribution >= 0.6 is 11.6 Å². The highest BCUT2D eigenvalue weighted by Gasteiger charge is 2.25. The predicted molar refractivity (Wildman–Crippen MR) is 74.1 cm³/mol. The zero-order chi connectivity index (χ0) is 14.9. The lowest BCUT2D eigenvalue weighted by atomic mass is 10.0. The molecule has 0 saturated heterocycles. The van der Waals surface area contributed by atoms with Crippen LogP contribution in [0, 0.1) is 6.92 Å². The van der Waals surface area contributed by atoms with Crippen molar-refractivity contribution in [3.63, 3.8) is 0 Å². The minimum atomic E-state index is -0.513. The second kappa shape index (κ2) is 5.46. The van der Waals surface area contributed by atoms with E-state index in [4.69, 9.17) is 16.3 Å². The highest BCUT2D eigenvalue weighted by atomic mass is 35.5. The third kappa shape index (κ3) is 2.58. The van der Waals surface area contributed by atoms with Gasteiger partial charge in [0, 0.05) is 19.5 Å². The van der Waals surface area contributed by atoms with Gasteiger partial charge in [-0.1, -0.05) is 23.7 Å². The van der Waals surface area contributed by atoms with E-state index in [1.165, 1.54) is 11.6 Å². The fourth-order valence-electron chi connectivity index (χ4n) is 1.93. The van der Waals surface area contributed by atoms with E-state index < -0.39 is 5.97 Å². The Balaban J connectivity index is 2.55. The van der Waals surface area contributed by atoms with Crippen LogP contribution in [0.3, 0.4) is 0 Å². The van der Waals surface area contributed by atoms with Gasteiger partial charge in [-0.15, -0.1) is 0 Å². The van der Waals surface area contributed by atoms with Gasteiger partial charge in [-0.2, -0.15) is 5.10 Å². The van der Waals surface area contributed by atoms with Crippen molar-refractivity contribution >= 4 is 23.4 Å². The maximum absolute atomic E-state index is 12.6. The molecule has 0 aliphatic rings. The average molecular weight is 293 g/mol. The molecule has 2 rings (SSSR count). The minimum absolute atomic E-state index is 0.125. The zero-order valence-corrected chi connectivity index (χ0v) is 12.1. The molecule has 0 saturated carbocycles. The van der Waals surface area contributed by atoms with Gasteiger partial charge in [0.05, 0.1) is 10.7 Å². The summed E-state index contributed by atoms with van der Waals surface area (Å²) in [5.74, 6) is -0.710. The van der Waals surface area contributed by atoms with Crippen LogP contribution in [0.2, 0.25) is 5.02 Å². The Morgan fingerprint density at radius 2 is 1.95 bits per heavy atom. The van der Waals surface area contributed by atoms with Crippen molar-refractivity contribution in [1.29, 1.82) is 0 Å². The van der Waals surface area contributed by atoms with Crippen LogP contribution in [0.15, 0.2) is 24.3 Å². The van der Waals surface area contributed by atoms with Gasteiger partial charge >= 0.3 is 5.97 Å². The number of esters is 1. The molecule has 0 spiro atoms. The Morgan fingerprint density at radius 1 is 1.30 bits per heavy atom. The van der Waals surface area contributed by atoms with Gasteiger partial charge in [-0.05, 0) is 19.1 Å². The van der Waals surface area contributed by atoms with Crippen molar-refractivity contribution < 1.29 is 14.3 Å². The highest BCUT2D eigenvalue weighted by Crippen LogP contribution is 2.27. The molecular formula is C14H13ClN2O3. The molecule has 0 radical (unpaired) electrons. The Hall–Kier alpha value is -2.14. The lowest BCUT2D eigenvalue weighted by Crippen LogP contribution is -2.11. The van der Waals surface area contributed by atoms with E-state index >= 15 is 0 Å². The molecule has 5 nitrogen and oxygen atoms in total. The summed E-state index contributed by atoms with van der Waals surface area (Å²) >= 11 is 6.03. The van der Waals surface area contributed by atoms with E-state index in [1.54, 1.807) is 38.2 Å². The molecular weight excluding hydrogens is 280 g/mol. The Morgan fingerprint density at radius 3 is 2.55 bits per heavy atom. The van der Waals surface area contributed by atoms with Crippen LogP contribution in [-0.2, 0) is 11.8 Å². The molecule has 1 aromatic heterocycles. The average Bonchev–Trinajstić information content (AvgIpc) is 2.63. The van der Waals surface area contributed by atoms with E-state index in [0.717, 1.165) is 0 Å². The summed E-state index contributed by atoms with van der Waals surface area (Å²) in [6.45, 7) is 2.95. The van der Waals surface area contributed by atoms with Gasteiger partial charge in [-0.25, -0.2) is 4.68 Å². The van der Waals surface area contributed by atoms with Crippen molar-refractivity contribution in [2.75, 3.05) is 0 Å². The van der Waals surface area contributed by atoms with Crippen LogP contribution in [0.5, 0.6) is 5.88 Å². The lowest BCUT2D eigenvalue weighted by Gasteiger charge is -2.06. The van der Waals surface area contributed by atoms with Crippen molar-refractivity contribution in [2.24, 2.45) is 7.05 Å². The summed E-state index contributed by atoms with van der Waals surface area (Å²) in [7, 11) is 1.61. The van der Waals surface area contributed by atoms with Crippen molar-refractivity contribution in [1.82, 2.24) is 9.78 Å². The topological polar surface area (TPSA) is 61.2 Å². The van der Waals surface area contributed by atoms with Crippen LogP contribution in [0.25, 0.3) is 0 Å². The van der Waals surface area contributed by atoms with Gasteiger partial charge in [0.2, 0.25) is 11.7 Å². The molecule has 1 heterocycles. The monoisotopic (exact) mass is 292 g/mol. The Kier molecular flexibility index (Phi) is 3.90. The van der Waals surface area contributed by atoms with E-state index in [1.807, 2.05) is 0 Å². The van der Waals surface area contributed by atoms with Crippen LogP contribution in [0.1, 0.15) is 28.5 Å². The van der Waals surface area contributed by atoms with Gasteiger partial charge < -0.3 is 4.74 Å². The number of ketones is 1. The number of aromatic nitrogens is 2. The number of benzene rings is 1. The molecule has 1 aromatic carbocycles. The number of carbonyl (C=O) groups excluding carboxylic acids is 2. The predicted octanol–water partition coefficient (Wildman–Crippen LogP) is 2.54. The first-order valence-corrected chi connectivity index (χ1v) is 6.31. The first-order chi connectivity index (χ1) is 9.41. The fraction of sp³-hybridized carbons (Fsp3) is 0.214. The quantitative estimate of drug-likeness (QED) is 0.644. The van der Waals surface area contributed by atoms with Crippen LogP contribution < -0.4 is 4.74 Å². The van der Waals surface area contributed by atoms with Gasteiger partial charge in [0.15, 0.2) is 0 Å². The molecule has 0 unspecified atom stereocenters. The Bertz CT molecular complexity index is 692. The number of carbonyl (C=O) groups is 2. The second-order valence-electron chi connectivity index (χ2n) is 4.29. The Labute approximate surface area is 121 Å². The number of hydrogen-bond donors (Lipinski definition) is 0. The third-order valence-corrected chi connectivity index (χ3v) is 3.09. The summed E-state index contributed by atoms with van der Waals surface area (Å²) in [6, 6.07) is 6.71. The highest BCUT2D eigenvalue weighted by molar-refractivity contribution is 6.35. The van der Waals surface area contributed by atoms with Crippen LogP contribution in [-0.4, -0.2) is 21.5 Å². The lowest BCUT2D eigenvalue weighted by molar-refractivity contribution is -0.132. The van der Waals surface area contributed by atoms with Crippen molar-refractivity contribution in [2.45, 2.75) is 13.8 Å². The summed E-state index contributed by atoms with van der Waals surface area (Å²) < 4.78 is 6.44. The second-order valence-corrected chi connectivity index (χ2v) is 4.70. The molecule has 104 valence electrons. The number of ether oxygens (including phenoxy) is 1. The zero-order valence-electron chi connectivity index (χ0n) is 11.3. The minimum Gasteiger partial charge on any atom is -0.407 e. The molecule has 2 aromatic rings. The van der Waals surface area contributed by atoms with E-state index in [9.17, 15) is 9.59 Å². The standard InChI is InChI=1S/C14H13ClN2O3/c1-8-12(14(17(3)16-8)20-9(2)18)13(19)10-6-4-5-7-11(10)15/h4-7H,1-3H3. The number of halogens is 1. The van der Waals surface area contributed by atoms with Gasteiger partial charge in [0.1, 0.15) is 5.56 Å². The van der Waals surface area contributed by atoms with Crippen molar-refractivity contribution in [3.05, 3.63) is 46.1 Å². The summed E-state index contributed by atoms with van der Waals surface area (Å²) in [5.41, 5.74) is 1.07. The number of nitrogens with zero attached hydrogens (tertiary/aromatic N) is 2. The van der Waals surface area contributed by atoms with Crippen LogP contribution in [0.4, 0.5) is 0 Å². The molecule has 0 aliphatic carbocycles. The molecule has 0 amide bonds. The summed E-state index contributed by atoms with van der Waals surface area (Å²) in [4.78, 5) is 23.7. The molecule has 0 aliphatic heterocycles.